The highest BCUT2D eigenvalue weighted by atomic mass is 32.1. The van der Waals surface area contributed by atoms with Crippen LogP contribution in [-0.2, 0) is 13.0 Å². The van der Waals surface area contributed by atoms with Gasteiger partial charge in [-0.3, -0.25) is 4.79 Å². The van der Waals surface area contributed by atoms with Crippen molar-refractivity contribution in [2.24, 2.45) is 5.92 Å². The van der Waals surface area contributed by atoms with Crippen LogP contribution in [0, 0.1) is 5.92 Å². The lowest BCUT2D eigenvalue weighted by Crippen LogP contribution is -2.22. The Bertz CT molecular complexity index is 860. The van der Waals surface area contributed by atoms with Crippen LogP contribution in [0.3, 0.4) is 0 Å². The Kier molecular flexibility index (Phi) is 5.07. The van der Waals surface area contributed by atoms with E-state index in [4.69, 9.17) is 0 Å². The molecule has 2 aliphatic rings. The Morgan fingerprint density at radius 1 is 1.04 bits per heavy atom. The molecule has 0 saturated heterocycles. The van der Waals surface area contributed by atoms with Gasteiger partial charge in [-0.05, 0) is 29.7 Å². The van der Waals surface area contributed by atoms with E-state index in [-0.39, 0.29) is 5.91 Å². The lowest BCUT2D eigenvalue weighted by Gasteiger charge is -2.23. The van der Waals surface area contributed by atoms with Crippen molar-refractivity contribution in [3.8, 4) is 0 Å². The Hall–Kier alpha value is -2.53. The Morgan fingerprint density at radius 3 is 2.46 bits per heavy atom. The Labute approximate surface area is 157 Å². The summed E-state index contributed by atoms with van der Waals surface area (Å²) >= 11 is 1.68. The topological polar surface area (TPSA) is 46.1 Å². The summed E-state index contributed by atoms with van der Waals surface area (Å²) in [7, 11) is 0. The maximum Gasteiger partial charge on any atom is 0.258 e. The van der Waals surface area contributed by atoms with Crippen LogP contribution in [0.4, 0.5) is 5.69 Å². The second-order valence-corrected chi connectivity index (χ2v) is 7.64. The first-order valence-electron chi connectivity index (χ1n) is 9.01. The van der Waals surface area contributed by atoms with Gasteiger partial charge in [-0.25, -0.2) is 0 Å². The molecule has 5 rings (SSSR count). The summed E-state index contributed by atoms with van der Waals surface area (Å²) in [6, 6.07) is 17.6. The molecule has 2 heterocycles. The van der Waals surface area contributed by atoms with Crippen molar-refractivity contribution in [1.82, 2.24) is 10.2 Å². The predicted octanol–water partition coefficient (Wildman–Crippen LogP) is 4.73. The number of aromatic nitrogens is 2. The molecule has 132 valence electrons. The van der Waals surface area contributed by atoms with Gasteiger partial charge in [0.05, 0.1) is 6.54 Å². The first-order chi connectivity index (χ1) is 12.8. The lowest BCUT2D eigenvalue weighted by atomic mass is 9.83. The average Bonchev–Trinajstić information content (AvgIpc) is 3.28. The van der Waals surface area contributed by atoms with E-state index >= 15 is 0 Å². The fraction of sp³-hybridized carbons (Fsp3) is 0.286. The minimum absolute atomic E-state index is 0.0989. The van der Waals surface area contributed by atoms with Crippen molar-refractivity contribution in [3.05, 3.63) is 76.2 Å². The third kappa shape index (κ3) is 3.68. The summed E-state index contributed by atoms with van der Waals surface area (Å²) in [5.74, 6) is 1.02. The molecule has 1 amide bonds. The zero-order valence-electron chi connectivity index (χ0n) is 14.5. The number of rotatable bonds is 3. The summed E-state index contributed by atoms with van der Waals surface area (Å²) in [5, 5.41) is 9.02. The van der Waals surface area contributed by atoms with Gasteiger partial charge < -0.3 is 4.90 Å². The molecule has 1 aliphatic heterocycles. The van der Waals surface area contributed by atoms with Gasteiger partial charge in [-0.15, -0.1) is 21.5 Å². The largest absolute Gasteiger partial charge is 0.304 e. The zero-order valence-corrected chi connectivity index (χ0v) is 15.4. The minimum atomic E-state index is 0.0989. The van der Waals surface area contributed by atoms with Crippen LogP contribution in [0.15, 0.2) is 60.1 Å². The summed E-state index contributed by atoms with van der Waals surface area (Å²) in [6.07, 6.45) is 5.40. The molecule has 1 fully saturated rings. The molecule has 0 atom stereocenters. The highest BCUT2D eigenvalue weighted by Crippen LogP contribution is 2.30. The van der Waals surface area contributed by atoms with E-state index in [0.29, 0.717) is 6.54 Å². The molecular weight excluding hydrogens is 342 g/mol. The quantitative estimate of drug-likeness (QED) is 0.676. The molecule has 1 aliphatic carbocycles. The molecule has 0 bridgehead atoms. The molecule has 1 saturated carbocycles. The smallest absolute Gasteiger partial charge is 0.258 e. The van der Waals surface area contributed by atoms with Crippen molar-refractivity contribution < 1.29 is 4.79 Å². The molecule has 2 aromatic carbocycles. The van der Waals surface area contributed by atoms with Gasteiger partial charge in [0.15, 0.2) is 0 Å². The number of carbonyl (C=O) groups is 1. The van der Waals surface area contributed by atoms with Gasteiger partial charge in [-0.1, -0.05) is 55.7 Å². The first kappa shape index (κ1) is 16.9. The van der Waals surface area contributed by atoms with Crippen molar-refractivity contribution in [3.63, 3.8) is 0 Å². The maximum atomic E-state index is 12.1. The fourth-order valence-corrected chi connectivity index (χ4v) is 3.94. The zero-order chi connectivity index (χ0) is 17.8. The van der Waals surface area contributed by atoms with Crippen LogP contribution in [0.25, 0.3) is 0 Å². The van der Waals surface area contributed by atoms with E-state index in [9.17, 15) is 4.79 Å². The molecule has 0 radical (unpaired) electrons. The summed E-state index contributed by atoms with van der Waals surface area (Å²) in [5.41, 5.74) is 4.71. The van der Waals surface area contributed by atoms with Gasteiger partial charge in [0.25, 0.3) is 5.91 Å². The average molecular weight is 363 g/mol. The summed E-state index contributed by atoms with van der Waals surface area (Å²) < 4.78 is 0. The van der Waals surface area contributed by atoms with Crippen LogP contribution in [-0.4, -0.2) is 16.1 Å². The van der Waals surface area contributed by atoms with Gasteiger partial charge >= 0.3 is 0 Å². The number of carbonyl (C=O) groups excluding carboxylic acids is 1. The summed E-state index contributed by atoms with van der Waals surface area (Å²) in [6.45, 7) is 0.680. The van der Waals surface area contributed by atoms with Crippen LogP contribution < -0.4 is 4.90 Å². The lowest BCUT2D eigenvalue weighted by molar-refractivity contribution is 0.0996. The summed E-state index contributed by atoms with van der Waals surface area (Å²) in [4.78, 5) is 13.9. The van der Waals surface area contributed by atoms with Crippen LogP contribution >= 0.6 is 11.3 Å². The van der Waals surface area contributed by atoms with E-state index < -0.39 is 0 Å². The molecule has 26 heavy (non-hydrogen) atoms. The maximum absolute atomic E-state index is 12.1. The molecule has 4 nitrogen and oxygen atoms in total. The molecule has 0 spiro atoms. The highest BCUT2D eigenvalue weighted by Gasteiger charge is 2.27. The van der Waals surface area contributed by atoms with Gasteiger partial charge in [0.1, 0.15) is 10.5 Å². The number of hydrogen-bond acceptors (Lipinski definition) is 4. The second-order valence-electron chi connectivity index (χ2n) is 6.72. The van der Waals surface area contributed by atoms with E-state index in [0.717, 1.165) is 22.7 Å². The number of benzene rings is 2. The second kappa shape index (κ2) is 7.79. The number of anilines is 1. The SMILES string of the molecule is O=C1c2ccccc2CN1c1ccccc1.c1nnc(CC2CCC2)s1. The number of hydrogen-bond donors (Lipinski definition) is 0. The van der Waals surface area contributed by atoms with E-state index in [1.54, 1.807) is 11.3 Å². The first-order valence-corrected chi connectivity index (χ1v) is 9.89. The van der Waals surface area contributed by atoms with Crippen LogP contribution in [0.5, 0.6) is 0 Å². The van der Waals surface area contributed by atoms with E-state index in [1.807, 2.05) is 65.0 Å². The monoisotopic (exact) mass is 363 g/mol. The van der Waals surface area contributed by atoms with Gasteiger partial charge in [0.2, 0.25) is 0 Å². The minimum Gasteiger partial charge on any atom is -0.304 e. The van der Waals surface area contributed by atoms with Crippen molar-refractivity contribution in [1.29, 1.82) is 0 Å². The van der Waals surface area contributed by atoms with Crippen molar-refractivity contribution in [2.45, 2.75) is 32.2 Å². The normalized spacial score (nSPS) is 15.8. The number of para-hydroxylation sites is 1. The Balaban J connectivity index is 0.000000144. The van der Waals surface area contributed by atoms with Crippen molar-refractivity contribution >= 4 is 22.9 Å². The van der Waals surface area contributed by atoms with E-state index in [2.05, 4.69) is 10.2 Å². The number of nitrogens with zero attached hydrogens (tertiary/aromatic N) is 3. The molecule has 5 heteroatoms. The van der Waals surface area contributed by atoms with Gasteiger partial charge in [0, 0.05) is 17.7 Å². The van der Waals surface area contributed by atoms with E-state index in [1.165, 1.54) is 30.7 Å². The van der Waals surface area contributed by atoms with Crippen LogP contribution in [0.2, 0.25) is 0 Å². The third-order valence-corrected chi connectivity index (χ3v) is 5.70. The Morgan fingerprint density at radius 2 is 1.81 bits per heavy atom. The predicted molar refractivity (Wildman–Crippen MR) is 104 cm³/mol. The number of fused-ring (bicyclic) bond motifs is 1. The fourth-order valence-electron chi connectivity index (χ4n) is 3.30. The molecular formula is C21H21N3OS. The van der Waals surface area contributed by atoms with Gasteiger partial charge in [-0.2, -0.15) is 0 Å². The van der Waals surface area contributed by atoms with Crippen LogP contribution in [0.1, 0.15) is 40.2 Å². The molecule has 0 N–H and O–H groups in total. The third-order valence-electron chi connectivity index (χ3n) is 4.98. The highest BCUT2D eigenvalue weighted by molar-refractivity contribution is 7.09. The molecule has 3 aromatic rings. The molecule has 0 unspecified atom stereocenters. The standard InChI is InChI=1S/C14H11NO.C7H10N2S/c16-14-13-9-5-4-6-11(13)10-15(14)12-7-2-1-3-8-12;1-2-6(3-1)4-7-9-8-5-10-7/h1-9H,10H2;5-6H,1-4H2. The number of amides is 1. The van der Waals surface area contributed by atoms with Crippen molar-refractivity contribution in [2.75, 3.05) is 4.90 Å². The molecule has 1 aromatic heterocycles.